The summed E-state index contributed by atoms with van der Waals surface area (Å²) in [6.45, 7) is 6.10. The summed E-state index contributed by atoms with van der Waals surface area (Å²) in [6.07, 6.45) is 5.14. The van der Waals surface area contributed by atoms with Crippen molar-refractivity contribution < 1.29 is 4.74 Å². The Morgan fingerprint density at radius 2 is 2.08 bits per heavy atom. The van der Waals surface area contributed by atoms with Crippen LogP contribution in [0.25, 0.3) is 0 Å². The van der Waals surface area contributed by atoms with E-state index in [0.717, 1.165) is 19.1 Å². The van der Waals surface area contributed by atoms with Gasteiger partial charge in [-0.25, -0.2) is 0 Å². The molecule has 0 bridgehead atoms. The molecule has 0 aromatic heterocycles. The van der Waals surface area contributed by atoms with Crippen molar-refractivity contribution in [2.45, 2.75) is 45.6 Å². The van der Waals surface area contributed by atoms with Crippen molar-refractivity contribution in [3.63, 3.8) is 0 Å². The van der Waals surface area contributed by atoms with Crippen LogP contribution in [0.5, 0.6) is 0 Å². The predicted octanol–water partition coefficient (Wildman–Crippen LogP) is 2.18. The van der Waals surface area contributed by atoms with Crippen molar-refractivity contribution in [2.24, 2.45) is 17.6 Å². The first-order valence-corrected chi connectivity index (χ1v) is 5.57. The van der Waals surface area contributed by atoms with Gasteiger partial charge >= 0.3 is 0 Å². The third-order valence-corrected chi connectivity index (χ3v) is 2.72. The third-order valence-electron chi connectivity index (χ3n) is 2.72. The minimum Gasteiger partial charge on any atom is -0.380 e. The van der Waals surface area contributed by atoms with E-state index in [4.69, 9.17) is 10.5 Å². The molecular weight excluding hydrogens is 162 g/mol. The van der Waals surface area contributed by atoms with E-state index in [9.17, 15) is 0 Å². The smallest absolute Gasteiger partial charge is 0.0620 e. The van der Waals surface area contributed by atoms with E-state index in [0.29, 0.717) is 12.0 Å². The van der Waals surface area contributed by atoms with Gasteiger partial charge in [-0.1, -0.05) is 20.3 Å². The molecular formula is C11H23NO. The molecule has 0 aliphatic heterocycles. The fourth-order valence-corrected chi connectivity index (χ4v) is 1.64. The highest BCUT2D eigenvalue weighted by atomic mass is 16.5. The highest BCUT2D eigenvalue weighted by Crippen LogP contribution is 2.31. The van der Waals surface area contributed by atoms with Crippen LogP contribution in [-0.4, -0.2) is 19.3 Å². The molecule has 0 heterocycles. The molecule has 0 amide bonds. The SMILES string of the molecule is CCCC(C)COCC(N)C1CC1. The van der Waals surface area contributed by atoms with Crippen LogP contribution in [0.3, 0.4) is 0 Å². The Morgan fingerprint density at radius 3 is 2.62 bits per heavy atom. The number of ether oxygens (including phenoxy) is 1. The zero-order valence-electron chi connectivity index (χ0n) is 8.96. The van der Waals surface area contributed by atoms with Crippen molar-refractivity contribution in [1.29, 1.82) is 0 Å². The van der Waals surface area contributed by atoms with E-state index < -0.39 is 0 Å². The normalized spacial score (nSPS) is 21.5. The van der Waals surface area contributed by atoms with Crippen molar-refractivity contribution in [1.82, 2.24) is 0 Å². The number of hydrogen-bond acceptors (Lipinski definition) is 2. The lowest BCUT2D eigenvalue weighted by Gasteiger charge is -2.14. The lowest BCUT2D eigenvalue weighted by Crippen LogP contribution is -2.29. The van der Waals surface area contributed by atoms with Gasteiger partial charge in [0, 0.05) is 12.6 Å². The van der Waals surface area contributed by atoms with Crippen LogP contribution in [0.4, 0.5) is 0 Å². The lowest BCUT2D eigenvalue weighted by molar-refractivity contribution is 0.0869. The van der Waals surface area contributed by atoms with Gasteiger partial charge in [0.25, 0.3) is 0 Å². The fourth-order valence-electron chi connectivity index (χ4n) is 1.64. The maximum atomic E-state index is 5.91. The average Bonchev–Trinajstić information content (AvgIpc) is 2.86. The first-order chi connectivity index (χ1) is 6.24. The van der Waals surface area contributed by atoms with Gasteiger partial charge in [0.2, 0.25) is 0 Å². The minimum atomic E-state index is 0.300. The number of nitrogens with two attached hydrogens (primary N) is 1. The van der Waals surface area contributed by atoms with Crippen LogP contribution in [0, 0.1) is 11.8 Å². The second-order valence-corrected chi connectivity index (χ2v) is 4.43. The molecule has 0 saturated heterocycles. The Labute approximate surface area is 81.8 Å². The quantitative estimate of drug-likeness (QED) is 0.660. The first-order valence-electron chi connectivity index (χ1n) is 5.57. The van der Waals surface area contributed by atoms with E-state index in [1.54, 1.807) is 0 Å². The van der Waals surface area contributed by atoms with Crippen molar-refractivity contribution in [2.75, 3.05) is 13.2 Å². The van der Waals surface area contributed by atoms with Crippen LogP contribution < -0.4 is 5.73 Å². The van der Waals surface area contributed by atoms with Gasteiger partial charge in [0.15, 0.2) is 0 Å². The van der Waals surface area contributed by atoms with Gasteiger partial charge < -0.3 is 10.5 Å². The van der Waals surface area contributed by atoms with Crippen LogP contribution >= 0.6 is 0 Å². The maximum Gasteiger partial charge on any atom is 0.0620 e. The second kappa shape index (κ2) is 5.61. The summed E-state index contributed by atoms with van der Waals surface area (Å²) < 4.78 is 5.59. The van der Waals surface area contributed by atoms with Gasteiger partial charge in [-0.2, -0.15) is 0 Å². The van der Waals surface area contributed by atoms with Crippen LogP contribution in [-0.2, 0) is 4.74 Å². The van der Waals surface area contributed by atoms with E-state index in [1.165, 1.54) is 25.7 Å². The molecule has 2 nitrogen and oxygen atoms in total. The molecule has 1 saturated carbocycles. The molecule has 0 spiro atoms. The molecule has 1 aliphatic rings. The highest BCUT2D eigenvalue weighted by Gasteiger charge is 2.28. The van der Waals surface area contributed by atoms with Gasteiger partial charge in [0.05, 0.1) is 6.61 Å². The summed E-state index contributed by atoms with van der Waals surface area (Å²) in [4.78, 5) is 0. The van der Waals surface area contributed by atoms with E-state index in [2.05, 4.69) is 13.8 Å². The summed E-state index contributed by atoms with van der Waals surface area (Å²) in [5.41, 5.74) is 5.91. The molecule has 0 aromatic carbocycles. The summed E-state index contributed by atoms with van der Waals surface area (Å²) in [5.74, 6) is 1.46. The molecule has 1 rings (SSSR count). The highest BCUT2D eigenvalue weighted by molar-refractivity contribution is 4.83. The summed E-state index contributed by atoms with van der Waals surface area (Å²) in [5, 5.41) is 0. The van der Waals surface area contributed by atoms with Gasteiger partial charge in [-0.15, -0.1) is 0 Å². The summed E-state index contributed by atoms with van der Waals surface area (Å²) in [7, 11) is 0. The van der Waals surface area contributed by atoms with Crippen LogP contribution in [0.2, 0.25) is 0 Å². The molecule has 2 unspecified atom stereocenters. The molecule has 2 atom stereocenters. The monoisotopic (exact) mass is 185 g/mol. The summed E-state index contributed by atoms with van der Waals surface area (Å²) >= 11 is 0. The molecule has 0 radical (unpaired) electrons. The number of hydrogen-bond donors (Lipinski definition) is 1. The molecule has 1 fully saturated rings. The van der Waals surface area contributed by atoms with E-state index >= 15 is 0 Å². The molecule has 13 heavy (non-hydrogen) atoms. The Bertz CT molecular complexity index is 134. The Morgan fingerprint density at radius 1 is 1.38 bits per heavy atom. The lowest BCUT2D eigenvalue weighted by atomic mass is 10.1. The molecule has 0 aromatic rings. The standard InChI is InChI=1S/C11H23NO/c1-3-4-9(2)7-13-8-11(12)10-5-6-10/h9-11H,3-8,12H2,1-2H3. The Kier molecular flexibility index (Phi) is 4.74. The number of rotatable bonds is 7. The van der Waals surface area contributed by atoms with E-state index in [-0.39, 0.29) is 0 Å². The molecule has 1 aliphatic carbocycles. The zero-order valence-corrected chi connectivity index (χ0v) is 8.96. The van der Waals surface area contributed by atoms with E-state index in [1.807, 2.05) is 0 Å². The van der Waals surface area contributed by atoms with Gasteiger partial charge in [-0.05, 0) is 31.1 Å². The molecule has 2 N–H and O–H groups in total. The van der Waals surface area contributed by atoms with Crippen LogP contribution in [0.1, 0.15) is 39.5 Å². The van der Waals surface area contributed by atoms with Gasteiger partial charge in [-0.3, -0.25) is 0 Å². The Hall–Kier alpha value is -0.0800. The van der Waals surface area contributed by atoms with Crippen molar-refractivity contribution in [3.05, 3.63) is 0 Å². The topological polar surface area (TPSA) is 35.2 Å². The minimum absolute atomic E-state index is 0.300. The fraction of sp³-hybridized carbons (Fsp3) is 1.00. The van der Waals surface area contributed by atoms with Gasteiger partial charge in [0.1, 0.15) is 0 Å². The molecule has 78 valence electrons. The average molecular weight is 185 g/mol. The van der Waals surface area contributed by atoms with Crippen LogP contribution in [0.15, 0.2) is 0 Å². The Balaban J connectivity index is 1.92. The van der Waals surface area contributed by atoms with Crippen molar-refractivity contribution >= 4 is 0 Å². The van der Waals surface area contributed by atoms with Crippen molar-refractivity contribution in [3.8, 4) is 0 Å². The second-order valence-electron chi connectivity index (χ2n) is 4.43. The third kappa shape index (κ3) is 4.63. The summed E-state index contributed by atoms with van der Waals surface area (Å²) in [6, 6.07) is 0.300. The first kappa shape index (κ1) is 11.0. The molecule has 2 heteroatoms. The zero-order chi connectivity index (χ0) is 9.68. The maximum absolute atomic E-state index is 5.91. The predicted molar refractivity (Wildman–Crippen MR) is 55.6 cm³/mol. The largest absolute Gasteiger partial charge is 0.380 e.